The van der Waals surface area contributed by atoms with Crippen LogP contribution in [0.15, 0.2) is 12.1 Å². The van der Waals surface area contributed by atoms with E-state index in [2.05, 4.69) is 15.2 Å². The van der Waals surface area contributed by atoms with E-state index in [-0.39, 0.29) is 0 Å². The Hall–Kier alpha value is -1.13. The molecule has 5 heteroatoms. The number of pyridine rings is 1. The minimum absolute atomic E-state index is 0.369. The predicted octanol–water partition coefficient (Wildman–Crippen LogP) is 0.957. The lowest BCUT2D eigenvalue weighted by atomic mass is 10.2. The zero-order valence-electron chi connectivity index (χ0n) is 8.24. The van der Waals surface area contributed by atoms with Crippen LogP contribution in [0.25, 0.3) is 0 Å². The number of piperazine rings is 1. The van der Waals surface area contributed by atoms with Gasteiger partial charge in [-0.25, -0.2) is 4.98 Å². The molecule has 1 aliphatic heterocycles. The minimum Gasteiger partial charge on any atom is -0.354 e. The van der Waals surface area contributed by atoms with E-state index in [0.29, 0.717) is 10.7 Å². The molecule has 1 aliphatic rings. The summed E-state index contributed by atoms with van der Waals surface area (Å²) in [4.78, 5) is 17.0. The van der Waals surface area contributed by atoms with Crippen molar-refractivity contribution in [2.45, 2.75) is 0 Å². The van der Waals surface area contributed by atoms with E-state index in [1.807, 2.05) is 0 Å². The van der Waals surface area contributed by atoms with Gasteiger partial charge in [-0.05, 0) is 12.1 Å². The molecule has 1 fully saturated rings. The SMILES string of the molecule is O=Cc1cc(Cl)nc(N2CCNCC2)c1. The van der Waals surface area contributed by atoms with E-state index in [0.717, 1.165) is 38.3 Å². The Labute approximate surface area is 93.2 Å². The van der Waals surface area contributed by atoms with Crippen LogP contribution in [-0.2, 0) is 0 Å². The molecule has 2 heterocycles. The van der Waals surface area contributed by atoms with Crippen molar-refractivity contribution in [3.05, 3.63) is 22.8 Å². The van der Waals surface area contributed by atoms with Gasteiger partial charge < -0.3 is 10.2 Å². The van der Waals surface area contributed by atoms with Crippen LogP contribution >= 0.6 is 11.6 Å². The molecule has 0 radical (unpaired) electrons. The fourth-order valence-electron chi connectivity index (χ4n) is 1.63. The van der Waals surface area contributed by atoms with E-state index in [9.17, 15) is 4.79 Å². The summed E-state index contributed by atoms with van der Waals surface area (Å²) in [6.07, 6.45) is 0.791. The minimum atomic E-state index is 0.369. The maximum Gasteiger partial charge on any atom is 0.150 e. The molecule has 0 unspecified atom stereocenters. The number of hydrogen-bond acceptors (Lipinski definition) is 4. The van der Waals surface area contributed by atoms with Crippen LogP contribution < -0.4 is 10.2 Å². The van der Waals surface area contributed by atoms with Gasteiger partial charge in [0, 0.05) is 31.7 Å². The third-order valence-electron chi connectivity index (χ3n) is 2.38. The normalized spacial score (nSPS) is 16.5. The van der Waals surface area contributed by atoms with Crippen molar-refractivity contribution in [2.75, 3.05) is 31.1 Å². The topological polar surface area (TPSA) is 45.2 Å². The lowest BCUT2D eigenvalue weighted by Crippen LogP contribution is -2.43. The molecule has 80 valence electrons. The third-order valence-corrected chi connectivity index (χ3v) is 2.57. The van der Waals surface area contributed by atoms with Crippen LogP contribution in [0.5, 0.6) is 0 Å². The number of rotatable bonds is 2. The second-order valence-corrected chi connectivity index (χ2v) is 3.82. The van der Waals surface area contributed by atoms with Crippen LogP contribution in [0.1, 0.15) is 10.4 Å². The molecule has 0 atom stereocenters. The number of anilines is 1. The van der Waals surface area contributed by atoms with Crippen molar-refractivity contribution >= 4 is 23.7 Å². The highest BCUT2D eigenvalue weighted by molar-refractivity contribution is 6.29. The molecule has 0 aliphatic carbocycles. The van der Waals surface area contributed by atoms with Gasteiger partial charge in [0.25, 0.3) is 0 Å². The van der Waals surface area contributed by atoms with Gasteiger partial charge in [-0.3, -0.25) is 4.79 Å². The van der Waals surface area contributed by atoms with Crippen molar-refractivity contribution in [1.82, 2.24) is 10.3 Å². The Bertz CT molecular complexity index is 364. The third kappa shape index (κ3) is 2.46. The number of hydrogen-bond donors (Lipinski definition) is 1. The highest BCUT2D eigenvalue weighted by Crippen LogP contribution is 2.17. The summed E-state index contributed by atoms with van der Waals surface area (Å²) in [5, 5.41) is 3.62. The maximum absolute atomic E-state index is 10.7. The van der Waals surface area contributed by atoms with E-state index in [1.54, 1.807) is 12.1 Å². The average molecular weight is 226 g/mol. The summed E-state index contributed by atoms with van der Waals surface area (Å²) >= 11 is 5.84. The second-order valence-electron chi connectivity index (χ2n) is 3.44. The molecule has 1 aromatic rings. The Morgan fingerprint density at radius 1 is 1.40 bits per heavy atom. The molecule has 4 nitrogen and oxygen atoms in total. The summed E-state index contributed by atoms with van der Waals surface area (Å²) in [6.45, 7) is 3.66. The van der Waals surface area contributed by atoms with E-state index >= 15 is 0 Å². The summed E-state index contributed by atoms with van der Waals surface area (Å²) in [5.74, 6) is 0.783. The number of carbonyl (C=O) groups is 1. The Morgan fingerprint density at radius 3 is 2.80 bits per heavy atom. The molecule has 15 heavy (non-hydrogen) atoms. The molecular weight excluding hydrogens is 214 g/mol. The number of nitrogens with one attached hydrogen (secondary N) is 1. The first kappa shape index (κ1) is 10.4. The van der Waals surface area contributed by atoms with E-state index < -0.39 is 0 Å². The van der Waals surface area contributed by atoms with Gasteiger partial charge in [0.15, 0.2) is 0 Å². The first-order valence-corrected chi connectivity index (χ1v) is 5.26. The fourth-order valence-corrected chi connectivity index (χ4v) is 1.84. The van der Waals surface area contributed by atoms with Crippen LogP contribution in [-0.4, -0.2) is 37.4 Å². The highest BCUT2D eigenvalue weighted by atomic mass is 35.5. The van der Waals surface area contributed by atoms with Gasteiger partial charge in [-0.1, -0.05) is 11.6 Å². The van der Waals surface area contributed by atoms with Gasteiger partial charge in [0.2, 0.25) is 0 Å². The van der Waals surface area contributed by atoms with Crippen molar-refractivity contribution in [2.24, 2.45) is 0 Å². The van der Waals surface area contributed by atoms with Gasteiger partial charge >= 0.3 is 0 Å². The van der Waals surface area contributed by atoms with Crippen molar-refractivity contribution in [3.63, 3.8) is 0 Å². The van der Waals surface area contributed by atoms with E-state index in [4.69, 9.17) is 11.6 Å². The molecule has 1 N–H and O–H groups in total. The van der Waals surface area contributed by atoms with Crippen molar-refractivity contribution in [3.8, 4) is 0 Å². The molecule has 1 saturated heterocycles. The Morgan fingerprint density at radius 2 is 2.13 bits per heavy atom. The average Bonchev–Trinajstić information content (AvgIpc) is 2.29. The first-order valence-electron chi connectivity index (χ1n) is 4.88. The van der Waals surface area contributed by atoms with Crippen LogP contribution in [0.2, 0.25) is 5.15 Å². The van der Waals surface area contributed by atoms with Gasteiger partial charge in [0.1, 0.15) is 17.3 Å². The number of nitrogens with zero attached hydrogens (tertiary/aromatic N) is 2. The molecule has 0 spiro atoms. The number of aldehydes is 1. The predicted molar refractivity (Wildman–Crippen MR) is 59.7 cm³/mol. The van der Waals surface area contributed by atoms with Crippen LogP contribution in [0.4, 0.5) is 5.82 Å². The van der Waals surface area contributed by atoms with Gasteiger partial charge in [0.05, 0.1) is 0 Å². The number of halogens is 1. The van der Waals surface area contributed by atoms with Gasteiger partial charge in [-0.15, -0.1) is 0 Å². The molecule has 0 aromatic carbocycles. The highest BCUT2D eigenvalue weighted by Gasteiger charge is 2.12. The zero-order chi connectivity index (χ0) is 10.7. The first-order chi connectivity index (χ1) is 7.29. The molecule has 0 amide bonds. The molecule has 0 saturated carbocycles. The summed E-state index contributed by atoms with van der Waals surface area (Å²) in [6, 6.07) is 3.34. The largest absolute Gasteiger partial charge is 0.354 e. The number of carbonyl (C=O) groups excluding carboxylic acids is 1. The smallest absolute Gasteiger partial charge is 0.150 e. The van der Waals surface area contributed by atoms with E-state index in [1.165, 1.54) is 0 Å². The molecule has 1 aromatic heterocycles. The van der Waals surface area contributed by atoms with Crippen LogP contribution in [0, 0.1) is 0 Å². The lowest BCUT2D eigenvalue weighted by molar-refractivity contribution is 0.112. The maximum atomic E-state index is 10.7. The lowest BCUT2D eigenvalue weighted by Gasteiger charge is -2.28. The van der Waals surface area contributed by atoms with Gasteiger partial charge in [-0.2, -0.15) is 0 Å². The monoisotopic (exact) mass is 225 g/mol. The summed E-state index contributed by atoms with van der Waals surface area (Å²) in [5.41, 5.74) is 0.573. The van der Waals surface area contributed by atoms with Crippen LogP contribution in [0.3, 0.4) is 0 Å². The molecule has 0 bridgehead atoms. The standard InChI is InChI=1S/C10H12ClN3O/c11-9-5-8(7-15)6-10(13-9)14-3-1-12-2-4-14/h5-7,12H,1-4H2. The van der Waals surface area contributed by atoms with Crippen molar-refractivity contribution < 1.29 is 4.79 Å². The summed E-state index contributed by atoms with van der Waals surface area (Å²) < 4.78 is 0. The number of aromatic nitrogens is 1. The summed E-state index contributed by atoms with van der Waals surface area (Å²) in [7, 11) is 0. The molecular formula is C10H12ClN3O. The quantitative estimate of drug-likeness (QED) is 0.602. The Balaban J connectivity index is 2.25. The second kappa shape index (κ2) is 4.59. The van der Waals surface area contributed by atoms with Crippen molar-refractivity contribution in [1.29, 1.82) is 0 Å². The fraction of sp³-hybridized carbons (Fsp3) is 0.400. The Kier molecular flexibility index (Phi) is 3.18. The molecule has 2 rings (SSSR count). The zero-order valence-corrected chi connectivity index (χ0v) is 9.00.